The van der Waals surface area contributed by atoms with Crippen LogP contribution >= 0.6 is 0 Å². The standard InChI is InChI=1S/2C9H11.C2H4.Hf/c2*1-2-5-9-7-3-6-8(9)4-1;1-2;/h2*3,6-7H,1-2,4-5H2;1-2H2;. The fraction of sp³-hybridized carbons (Fsp3) is 0.600. The Labute approximate surface area is 133 Å². The predicted octanol–water partition coefficient (Wildman–Crippen LogP) is 6.45. The van der Waals surface area contributed by atoms with Gasteiger partial charge >= 0.3 is 134 Å². The zero-order chi connectivity index (χ0) is 13.9. The first kappa shape index (κ1) is 13.3. The molecule has 5 rings (SSSR count). The Hall–Kier alpha value is -0.170. The van der Waals surface area contributed by atoms with Gasteiger partial charge in [0.2, 0.25) is 0 Å². The molecule has 2 atom stereocenters. The van der Waals surface area contributed by atoms with E-state index in [-0.39, 0.29) is 0 Å². The molecule has 1 aliphatic heterocycles. The van der Waals surface area contributed by atoms with Crippen LogP contribution in [0.4, 0.5) is 0 Å². The molecule has 0 aromatic rings. The molecule has 4 aliphatic carbocycles. The van der Waals surface area contributed by atoms with Crippen molar-refractivity contribution in [1.82, 2.24) is 0 Å². The van der Waals surface area contributed by atoms with E-state index >= 15 is 0 Å². The zero-order valence-electron chi connectivity index (χ0n) is 13.0. The van der Waals surface area contributed by atoms with E-state index in [1.54, 1.807) is 19.5 Å². The van der Waals surface area contributed by atoms with Crippen LogP contribution in [0.5, 0.6) is 0 Å². The summed E-state index contributed by atoms with van der Waals surface area (Å²) < 4.78 is 5.39. The van der Waals surface area contributed by atoms with Gasteiger partial charge in [-0.1, -0.05) is 0 Å². The van der Waals surface area contributed by atoms with Crippen molar-refractivity contribution in [3.05, 3.63) is 46.6 Å². The average molecular weight is 445 g/mol. The second kappa shape index (κ2) is 4.91. The molecular weight excluding hydrogens is 419 g/mol. The summed E-state index contributed by atoms with van der Waals surface area (Å²) in [4.78, 5) is 0. The van der Waals surface area contributed by atoms with Gasteiger partial charge in [-0.3, -0.25) is 0 Å². The van der Waals surface area contributed by atoms with E-state index in [1.807, 2.05) is 11.1 Å². The van der Waals surface area contributed by atoms with Gasteiger partial charge in [0.15, 0.2) is 0 Å². The molecule has 110 valence electrons. The Balaban J connectivity index is 1.50. The van der Waals surface area contributed by atoms with Gasteiger partial charge in [0.1, 0.15) is 0 Å². The average Bonchev–Trinajstić information content (AvgIpc) is 3.03. The van der Waals surface area contributed by atoms with Gasteiger partial charge in [-0.25, -0.2) is 0 Å². The van der Waals surface area contributed by atoms with E-state index < -0.39 is 20.0 Å². The quantitative estimate of drug-likeness (QED) is 0.429. The monoisotopic (exact) mass is 446 g/mol. The van der Waals surface area contributed by atoms with Gasteiger partial charge in [-0.2, -0.15) is 0 Å². The van der Waals surface area contributed by atoms with Crippen molar-refractivity contribution in [3.63, 3.8) is 0 Å². The molecule has 2 unspecified atom stereocenters. The molecule has 0 radical (unpaired) electrons. The normalized spacial score (nSPS) is 36.2. The van der Waals surface area contributed by atoms with E-state index in [9.17, 15) is 0 Å². The third-order valence-electron chi connectivity index (χ3n) is 6.91. The van der Waals surface area contributed by atoms with E-state index in [0.29, 0.717) is 0 Å². The summed E-state index contributed by atoms with van der Waals surface area (Å²) in [6.45, 7) is 0. The molecule has 1 heterocycles. The fourth-order valence-electron chi connectivity index (χ4n) is 5.69. The maximum atomic E-state index is 2.69. The third-order valence-corrected chi connectivity index (χ3v) is 25.6. The summed E-state index contributed by atoms with van der Waals surface area (Å²) in [5.41, 5.74) is 7.44. The van der Waals surface area contributed by atoms with Crippen LogP contribution in [-0.4, -0.2) is 0 Å². The summed E-state index contributed by atoms with van der Waals surface area (Å²) in [5.74, 6) is 0. The van der Waals surface area contributed by atoms with Crippen LogP contribution < -0.4 is 0 Å². The number of rotatable bonds is 2. The Morgan fingerprint density at radius 2 is 1.14 bits per heavy atom. The molecule has 0 aromatic carbocycles. The number of hydrogen-bond donors (Lipinski definition) is 0. The van der Waals surface area contributed by atoms with Gasteiger partial charge in [0.25, 0.3) is 0 Å². The van der Waals surface area contributed by atoms with Crippen LogP contribution in [0, 0.1) is 0 Å². The minimum absolute atomic E-state index is 1.01. The van der Waals surface area contributed by atoms with E-state index in [2.05, 4.69) is 24.3 Å². The molecular formula is C20H26Hf. The first-order valence-corrected chi connectivity index (χ1v) is 18.4. The molecule has 1 heteroatoms. The molecule has 1 fully saturated rings. The van der Waals surface area contributed by atoms with E-state index in [1.165, 1.54) is 51.4 Å². The van der Waals surface area contributed by atoms with Crippen molar-refractivity contribution in [2.24, 2.45) is 0 Å². The van der Waals surface area contributed by atoms with Crippen LogP contribution in [0.25, 0.3) is 0 Å². The Morgan fingerprint density at radius 1 is 0.667 bits per heavy atom. The molecule has 5 aliphatic rings. The summed E-state index contributed by atoms with van der Waals surface area (Å²) in [7, 11) is 0. The third kappa shape index (κ3) is 1.95. The Morgan fingerprint density at radius 3 is 1.62 bits per heavy atom. The van der Waals surface area contributed by atoms with Crippen molar-refractivity contribution < 1.29 is 20.0 Å². The molecule has 0 nitrogen and oxygen atoms in total. The molecule has 0 bridgehead atoms. The zero-order valence-corrected chi connectivity index (χ0v) is 16.6. The fourth-order valence-corrected chi connectivity index (χ4v) is 31.9. The van der Waals surface area contributed by atoms with E-state index in [0.717, 1.165) is 7.35 Å². The summed E-state index contributed by atoms with van der Waals surface area (Å²) in [6.07, 6.45) is 22.0. The van der Waals surface area contributed by atoms with Gasteiger partial charge < -0.3 is 0 Å². The van der Waals surface area contributed by atoms with Crippen molar-refractivity contribution in [2.45, 2.75) is 67.1 Å². The second-order valence-electron chi connectivity index (χ2n) is 7.92. The van der Waals surface area contributed by atoms with Gasteiger partial charge in [0, 0.05) is 0 Å². The first-order chi connectivity index (χ1) is 10.4. The predicted molar refractivity (Wildman–Crippen MR) is 86.4 cm³/mol. The number of allylic oxidation sites excluding steroid dienone is 8. The van der Waals surface area contributed by atoms with Gasteiger partial charge in [-0.15, -0.1) is 0 Å². The maximum absolute atomic E-state index is 2.69. The van der Waals surface area contributed by atoms with Crippen LogP contribution in [0.15, 0.2) is 46.6 Å². The topological polar surface area (TPSA) is 0 Å². The molecule has 0 saturated carbocycles. The molecule has 1 saturated heterocycles. The van der Waals surface area contributed by atoms with Gasteiger partial charge in [-0.05, 0) is 0 Å². The second-order valence-corrected chi connectivity index (χ2v) is 24.8. The minimum atomic E-state index is -2.10. The summed E-state index contributed by atoms with van der Waals surface area (Å²) in [6, 6.07) is 0. The van der Waals surface area contributed by atoms with Crippen molar-refractivity contribution in [1.29, 1.82) is 0 Å². The van der Waals surface area contributed by atoms with E-state index in [4.69, 9.17) is 0 Å². The van der Waals surface area contributed by atoms with Crippen molar-refractivity contribution in [3.8, 4) is 0 Å². The summed E-state index contributed by atoms with van der Waals surface area (Å²) >= 11 is -2.10. The summed E-state index contributed by atoms with van der Waals surface area (Å²) in [5, 5.41) is 0. The molecule has 0 N–H and O–H groups in total. The van der Waals surface area contributed by atoms with Gasteiger partial charge in [0.05, 0.1) is 0 Å². The Kier molecular flexibility index (Phi) is 3.11. The molecule has 0 amide bonds. The molecule has 0 aromatic heterocycles. The molecule has 21 heavy (non-hydrogen) atoms. The van der Waals surface area contributed by atoms with Crippen molar-refractivity contribution in [2.75, 3.05) is 0 Å². The number of hydrogen-bond acceptors (Lipinski definition) is 0. The van der Waals surface area contributed by atoms with Crippen LogP contribution in [0.3, 0.4) is 0 Å². The van der Waals surface area contributed by atoms with Crippen LogP contribution in [0.2, 0.25) is 15.7 Å². The van der Waals surface area contributed by atoms with Crippen molar-refractivity contribution >= 4 is 0 Å². The Bertz CT molecular complexity index is 547. The SMILES string of the molecule is C1=C[CH]([Hf]2([CH]3C=CC4=C3CCCC4)[CH2][CH2]2)C2=C1CCCC2. The van der Waals surface area contributed by atoms with Crippen LogP contribution in [-0.2, 0) is 20.0 Å². The first-order valence-electron chi connectivity index (χ1n) is 9.19. The van der Waals surface area contributed by atoms with Crippen LogP contribution in [0.1, 0.15) is 51.4 Å². The molecule has 0 spiro atoms.